The van der Waals surface area contributed by atoms with E-state index in [0.29, 0.717) is 0 Å². The molecule has 0 atom stereocenters. The van der Waals surface area contributed by atoms with Crippen molar-refractivity contribution in [2.24, 2.45) is 0 Å². The van der Waals surface area contributed by atoms with Crippen LogP contribution in [-0.4, -0.2) is 44.5 Å². The minimum Gasteiger partial charge on any atom is -0.311 e. The minimum absolute atomic E-state index is 0.780. The van der Waals surface area contributed by atoms with Crippen LogP contribution < -0.4 is 5.32 Å². The van der Waals surface area contributed by atoms with Crippen molar-refractivity contribution >= 4 is 0 Å². The lowest BCUT2D eigenvalue weighted by Gasteiger charge is -2.19. The van der Waals surface area contributed by atoms with Gasteiger partial charge in [0.2, 0.25) is 0 Å². The van der Waals surface area contributed by atoms with Gasteiger partial charge >= 0.3 is 0 Å². The summed E-state index contributed by atoms with van der Waals surface area (Å²) in [7, 11) is 0. The van der Waals surface area contributed by atoms with Gasteiger partial charge in [-0.3, -0.25) is 14.6 Å². The Labute approximate surface area is 126 Å². The molecule has 0 bridgehead atoms. The van der Waals surface area contributed by atoms with E-state index in [9.17, 15) is 0 Å². The third-order valence-corrected chi connectivity index (χ3v) is 3.35. The lowest BCUT2D eigenvalue weighted by Crippen LogP contribution is -2.27. The normalized spacial score (nSPS) is 11.2. The van der Waals surface area contributed by atoms with Gasteiger partial charge in [-0.25, -0.2) is 0 Å². The molecule has 0 aliphatic carbocycles. The molecule has 0 saturated heterocycles. The first kappa shape index (κ1) is 15.6. The van der Waals surface area contributed by atoms with Crippen LogP contribution in [0.5, 0.6) is 0 Å². The number of nitrogens with zero attached hydrogens (tertiary/aromatic N) is 5. The van der Waals surface area contributed by atoms with Crippen LogP contribution in [0.1, 0.15) is 25.2 Å². The highest BCUT2D eigenvalue weighted by Gasteiger charge is 2.06. The second kappa shape index (κ2) is 8.49. The first-order valence-corrected chi connectivity index (χ1v) is 7.53. The molecule has 2 rings (SSSR count). The van der Waals surface area contributed by atoms with Crippen molar-refractivity contribution in [1.82, 2.24) is 30.2 Å². The van der Waals surface area contributed by atoms with Crippen molar-refractivity contribution in [3.63, 3.8) is 0 Å². The number of nitrogens with one attached hydrogen (secondary N) is 1. The molecule has 6 nitrogen and oxygen atoms in total. The predicted octanol–water partition coefficient (Wildman–Crippen LogP) is 1.30. The molecule has 0 aromatic carbocycles. The van der Waals surface area contributed by atoms with E-state index in [1.165, 1.54) is 0 Å². The Bertz CT molecular complexity index is 510. The highest BCUT2D eigenvalue weighted by Crippen LogP contribution is 2.01. The molecule has 0 saturated carbocycles. The maximum Gasteiger partial charge on any atom is 0.0964 e. The molecule has 6 heteroatoms. The summed E-state index contributed by atoms with van der Waals surface area (Å²) < 4.78 is 1.91. The molecular formula is C15H24N6. The Balaban J connectivity index is 1.81. The molecule has 0 unspecified atom stereocenters. The molecule has 2 aromatic heterocycles. The lowest BCUT2D eigenvalue weighted by atomic mass is 10.3. The van der Waals surface area contributed by atoms with Crippen molar-refractivity contribution in [3.05, 3.63) is 42.0 Å². The fourth-order valence-electron chi connectivity index (χ4n) is 2.10. The molecule has 0 fully saturated rings. The maximum absolute atomic E-state index is 4.37. The van der Waals surface area contributed by atoms with Crippen molar-refractivity contribution < 1.29 is 0 Å². The molecule has 2 aromatic rings. The first-order chi connectivity index (χ1) is 10.3. The molecule has 2 heterocycles. The van der Waals surface area contributed by atoms with E-state index in [-0.39, 0.29) is 0 Å². The van der Waals surface area contributed by atoms with E-state index in [2.05, 4.69) is 45.4 Å². The number of likely N-dealkylation sites (N-methyl/N-ethyl adjacent to an activating group) is 1. The highest BCUT2D eigenvalue weighted by atomic mass is 15.4. The fraction of sp³-hybridized carbons (Fsp3) is 0.533. The largest absolute Gasteiger partial charge is 0.311 e. The summed E-state index contributed by atoms with van der Waals surface area (Å²) in [6.07, 6.45) is 3.85. The number of hydrogen-bond acceptors (Lipinski definition) is 5. The van der Waals surface area contributed by atoms with Gasteiger partial charge < -0.3 is 5.32 Å². The molecular weight excluding hydrogens is 264 g/mol. The molecule has 0 radical (unpaired) electrons. The SMILES string of the molecule is CCNCc1cn(CCN(CC)Cc2ccccn2)nn1. The lowest BCUT2D eigenvalue weighted by molar-refractivity contribution is 0.259. The summed E-state index contributed by atoms with van der Waals surface area (Å²) in [5, 5.41) is 11.6. The van der Waals surface area contributed by atoms with Crippen LogP contribution in [0.2, 0.25) is 0 Å². The first-order valence-electron chi connectivity index (χ1n) is 7.53. The summed E-state index contributed by atoms with van der Waals surface area (Å²) >= 11 is 0. The zero-order valence-corrected chi connectivity index (χ0v) is 12.9. The minimum atomic E-state index is 0.780. The summed E-state index contributed by atoms with van der Waals surface area (Å²) in [6, 6.07) is 6.04. The Morgan fingerprint density at radius 3 is 2.86 bits per heavy atom. The average Bonchev–Trinajstić information content (AvgIpc) is 2.98. The average molecular weight is 288 g/mol. The van der Waals surface area contributed by atoms with Gasteiger partial charge in [-0.05, 0) is 25.2 Å². The zero-order chi connectivity index (χ0) is 14.9. The van der Waals surface area contributed by atoms with Gasteiger partial charge in [-0.2, -0.15) is 0 Å². The van der Waals surface area contributed by atoms with Gasteiger partial charge in [0.25, 0.3) is 0 Å². The monoisotopic (exact) mass is 288 g/mol. The van der Waals surface area contributed by atoms with E-state index in [1.54, 1.807) is 0 Å². The standard InChI is InChI=1S/C15H24N6/c1-3-16-11-15-13-21(19-18-15)10-9-20(4-2)12-14-7-5-6-8-17-14/h5-8,13,16H,3-4,9-12H2,1-2H3. The van der Waals surface area contributed by atoms with Gasteiger partial charge in [-0.1, -0.05) is 25.1 Å². The number of pyridine rings is 1. The maximum atomic E-state index is 4.37. The summed E-state index contributed by atoms with van der Waals surface area (Å²) in [4.78, 5) is 6.73. The van der Waals surface area contributed by atoms with Crippen molar-refractivity contribution in [2.45, 2.75) is 33.5 Å². The van der Waals surface area contributed by atoms with Crippen LogP contribution in [0.4, 0.5) is 0 Å². The number of aromatic nitrogens is 4. The molecule has 0 spiro atoms. The van der Waals surface area contributed by atoms with Gasteiger partial charge in [0.1, 0.15) is 0 Å². The highest BCUT2D eigenvalue weighted by molar-refractivity contribution is 5.03. The van der Waals surface area contributed by atoms with Crippen LogP contribution in [-0.2, 0) is 19.6 Å². The van der Waals surface area contributed by atoms with Crippen molar-refractivity contribution in [2.75, 3.05) is 19.6 Å². The van der Waals surface area contributed by atoms with Gasteiger partial charge in [0.05, 0.1) is 17.9 Å². The third kappa shape index (κ3) is 5.24. The van der Waals surface area contributed by atoms with Crippen molar-refractivity contribution in [3.8, 4) is 0 Å². The fourth-order valence-corrected chi connectivity index (χ4v) is 2.10. The van der Waals surface area contributed by atoms with Crippen LogP contribution in [0.15, 0.2) is 30.6 Å². The molecule has 0 aliphatic rings. The summed E-state index contributed by atoms with van der Waals surface area (Å²) in [5.41, 5.74) is 2.09. The Hall–Kier alpha value is -1.79. The van der Waals surface area contributed by atoms with E-state index in [4.69, 9.17) is 0 Å². The van der Waals surface area contributed by atoms with Crippen molar-refractivity contribution in [1.29, 1.82) is 0 Å². The molecule has 0 aliphatic heterocycles. The Morgan fingerprint density at radius 1 is 1.24 bits per heavy atom. The van der Waals surface area contributed by atoms with E-state index in [1.807, 2.05) is 29.2 Å². The number of rotatable bonds is 9. The predicted molar refractivity (Wildman–Crippen MR) is 82.6 cm³/mol. The third-order valence-electron chi connectivity index (χ3n) is 3.35. The summed E-state index contributed by atoms with van der Waals surface area (Å²) in [5.74, 6) is 0. The molecule has 114 valence electrons. The van der Waals surface area contributed by atoms with E-state index in [0.717, 1.165) is 50.7 Å². The van der Waals surface area contributed by atoms with Gasteiger partial charge in [0, 0.05) is 32.0 Å². The Morgan fingerprint density at radius 2 is 2.14 bits per heavy atom. The van der Waals surface area contributed by atoms with Crippen LogP contribution >= 0.6 is 0 Å². The molecule has 1 N–H and O–H groups in total. The van der Waals surface area contributed by atoms with E-state index < -0.39 is 0 Å². The Kier molecular flexibility index (Phi) is 6.30. The number of hydrogen-bond donors (Lipinski definition) is 1. The zero-order valence-electron chi connectivity index (χ0n) is 12.9. The van der Waals surface area contributed by atoms with Gasteiger partial charge in [-0.15, -0.1) is 5.10 Å². The van der Waals surface area contributed by atoms with Crippen LogP contribution in [0.3, 0.4) is 0 Å². The van der Waals surface area contributed by atoms with Crippen LogP contribution in [0.25, 0.3) is 0 Å². The van der Waals surface area contributed by atoms with E-state index >= 15 is 0 Å². The smallest absolute Gasteiger partial charge is 0.0964 e. The summed E-state index contributed by atoms with van der Waals surface area (Å²) in [6.45, 7) is 9.63. The second-order valence-electron chi connectivity index (χ2n) is 4.94. The topological polar surface area (TPSA) is 58.9 Å². The van der Waals surface area contributed by atoms with Crippen LogP contribution in [0, 0.1) is 0 Å². The molecule has 21 heavy (non-hydrogen) atoms. The molecule has 0 amide bonds. The quantitative estimate of drug-likeness (QED) is 0.754. The van der Waals surface area contributed by atoms with Gasteiger partial charge in [0.15, 0.2) is 0 Å². The second-order valence-corrected chi connectivity index (χ2v) is 4.94.